The van der Waals surface area contributed by atoms with Crippen LogP contribution in [-0.4, -0.2) is 32.9 Å². The number of nitrogens with one attached hydrogen (secondary N) is 1. The molecule has 0 amide bonds. The summed E-state index contributed by atoms with van der Waals surface area (Å²) in [5.41, 5.74) is 2.73. The molecule has 1 unspecified atom stereocenters. The number of ether oxygens (including phenoxy) is 2. The molecule has 1 atom stereocenters. The lowest BCUT2D eigenvalue weighted by Crippen LogP contribution is -2.21. The molecule has 0 saturated heterocycles. The molecule has 0 radical (unpaired) electrons. The maximum absolute atomic E-state index is 11.5. The van der Waals surface area contributed by atoms with Crippen molar-refractivity contribution in [2.24, 2.45) is 0 Å². The van der Waals surface area contributed by atoms with Gasteiger partial charge in [-0.3, -0.25) is 4.55 Å². The Labute approximate surface area is 150 Å². The molecule has 2 aromatic rings. The van der Waals surface area contributed by atoms with Crippen molar-refractivity contribution in [1.29, 1.82) is 0 Å². The highest BCUT2D eigenvalue weighted by molar-refractivity contribution is 7.85. The minimum Gasteiger partial charge on any atom is -0.454 e. The number of rotatable bonds is 2. The summed E-state index contributed by atoms with van der Waals surface area (Å²) in [5.74, 6) is 1.04. The smallest absolute Gasteiger partial charge is 0.294 e. The van der Waals surface area contributed by atoms with E-state index in [2.05, 4.69) is 5.32 Å². The van der Waals surface area contributed by atoms with Crippen molar-refractivity contribution in [3.8, 4) is 11.5 Å². The number of hydrogen-bond donors (Lipinski definition) is 2. The Kier molecular flexibility index (Phi) is 4.11. The van der Waals surface area contributed by atoms with Crippen LogP contribution >= 0.6 is 11.6 Å². The maximum Gasteiger partial charge on any atom is 0.294 e. The van der Waals surface area contributed by atoms with E-state index in [1.54, 1.807) is 6.07 Å². The normalized spacial score (nSPS) is 19.4. The standard InChI is InChI=1S/C17H16ClNO5S/c18-16-12-4-5-19-8-14(13(12)7-15-17(16)24-9-23-15)10-2-1-3-11(6-10)25(20,21)22/h1-3,6-7,14,19H,4-5,8-9H2,(H,20,21,22). The summed E-state index contributed by atoms with van der Waals surface area (Å²) in [7, 11) is -4.26. The lowest BCUT2D eigenvalue weighted by molar-refractivity contribution is 0.174. The topological polar surface area (TPSA) is 84.9 Å². The third-order valence-corrected chi connectivity index (χ3v) is 5.82. The van der Waals surface area contributed by atoms with Crippen LogP contribution in [0.4, 0.5) is 0 Å². The third-order valence-electron chi connectivity index (χ3n) is 4.57. The Hall–Kier alpha value is -1.80. The Balaban J connectivity index is 1.87. The molecule has 2 aromatic carbocycles. The van der Waals surface area contributed by atoms with E-state index in [9.17, 15) is 13.0 Å². The highest BCUT2D eigenvalue weighted by Gasteiger charge is 2.29. The summed E-state index contributed by atoms with van der Waals surface area (Å²) in [6.45, 7) is 1.51. The zero-order valence-electron chi connectivity index (χ0n) is 13.2. The zero-order chi connectivity index (χ0) is 17.6. The van der Waals surface area contributed by atoms with Gasteiger partial charge in [0.2, 0.25) is 6.79 Å². The average molecular weight is 382 g/mol. The molecular formula is C17H16ClNO5S. The molecule has 0 aromatic heterocycles. The number of halogens is 1. The molecule has 25 heavy (non-hydrogen) atoms. The highest BCUT2D eigenvalue weighted by atomic mass is 35.5. The molecule has 0 bridgehead atoms. The molecule has 0 fully saturated rings. The van der Waals surface area contributed by atoms with Gasteiger partial charge in [0.25, 0.3) is 10.1 Å². The second-order valence-corrected chi connectivity index (χ2v) is 7.85. The summed E-state index contributed by atoms with van der Waals surface area (Å²) < 4.78 is 43.2. The van der Waals surface area contributed by atoms with Crippen LogP contribution in [-0.2, 0) is 16.5 Å². The Morgan fingerprint density at radius 3 is 2.88 bits per heavy atom. The van der Waals surface area contributed by atoms with Crippen LogP contribution in [0.25, 0.3) is 0 Å². The van der Waals surface area contributed by atoms with Gasteiger partial charge in [-0.2, -0.15) is 8.42 Å². The fourth-order valence-corrected chi connectivity index (χ4v) is 4.27. The van der Waals surface area contributed by atoms with E-state index in [1.165, 1.54) is 12.1 Å². The van der Waals surface area contributed by atoms with Gasteiger partial charge in [0.05, 0.1) is 9.92 Å². The van der Waals surface area contributed by atoms with Gasteiger partial charge in [0.1, 0.15) is 0 Å². The van der Waals surface area contributed by atoms with Crippen molar-refractivity contribution in [1.82, 2.24) is 5.32 Å². The van der Waals surface area contributed by atoms with Gasteiger partial charge in [-0.1, -0.05) is 23.7 Å². The van der Waals surface area contributed by atoms with Crippen LogP contribution in [0.2, 0.25) is 5.02 Å². The first-order valence-electron chi connectivity index (χ1n) is 7.84. The summed E-state index contributed by atoms with van der Waals surface area (Å²) >= 11 is 6.53. The van der Waals surface area contributed by atoms with E-state index < -0.39 is 10.1 Å². The second kappa shape index (κ2) is 6.17. The molecular weight excluding hydrogens is 366 g/mol. The van der Waals surface area contributed by atoms with Crippen molar-refractivity contribution >= 4 is 21.7 Å². The molecule has 0 saturated carbocycles. The molecule has 2 heterocycles. The van der Waals surface area contributed by atoms with E-state index in [0.717, 1.165) is 29.7 Å². The SMILES string of the molecule is O=S(=O)(O)c1cccc(C2CNCCc3c2cc2c(c3Cl)OCO2)c1. The summed E-state index contributed by atoms with van der Waals surface area (Å²) in [4.78, 5) is -0.123. The molecule has 2 N–H and O–H groups in total. The van der Waals surface area contributed by atoms with Gasteiger partial charge >= 0.3 is 0 Å². The van der Waals surface area contributed by atoms with Gasteiger partial charge in [0.15, 0.2) is 11.5 Å². The predicted octanol–water partition coefficient (Wildman–Crippen LogP) is 2.59. The van der Waals surface area contributed by atoms with Crippen LogP contribution < -0.4 is 14.8 Å². The molecule has 2 aliphatic rings. The fraction of sp³-hybridized carbons (Fsp3) is 0.294. The zero-order valence-corrected chi connectivity index (χ0v) is 14.7. The van der Waals surface area contributed by atoms with Crippen molar-refractivity contribution in [3.63, 3.8) is 0 Å². The molecule has 8 heteroatoms. The monoisotopic (exact) mass is 381 g/mol. The van der Waals surface area contributed by atoms with Gasteiger partial charge in [-0.05, 0) is 47.9 Å². The summed E-state index contributed by atoms with van der Waals surface area (Å²) in [6.07, 6.45) is 0.735. The Bertz CT molecular complexity index is 944. The van der Waals surface area contributed by atoms with Gasteiger partial charge in [-0.25, -0.2) is 0 Å². The highest BCUT2D eigenvalue weighted by Crippen LogP contribution is 2.46. The summed E-state index contributed by atoms with van der Waals surface area (Å²) in [6, 6.07) is 8.25. The largest absolute Gasteiger partial charge is 0.454 e. The first-order valence-corrected chi connectivity index (χ1v) is 9.66. The van der Waals surface area contributed by atoms with Crippen molar-refractivity contribution in [2.45, 2.75) is 17.2 Å². The lowest BCUT2D eigenvalue weighted by Gasteiger charge is -2.20. The second-order valence-electron chi connectivity index (χ2n) is 6.05. The van der Waals surface area contributed by atoms with Crippen molar-refractivity contribution in [2.75, 3.05) is 19.9 Å². The number of benzene rings is 2. The first-order chi connectivity index (χ1) is 11.9. The molecule has 0 spiro atoms. The van der Waals surface area contributed by atoms with Crippen LogP contribution in [0.5, 0.6) is 11.5 Å². The molecule has 132 valence electrons. The minimum atomic E-state index is -4.26. The number of fused-ring (bicyclic) bond motifs is 2. The third kappa shape index (κ3) is 2.97. The van der Waals surface area contributed by atoms with Crippen LogP contribution in [0.3, 0.4) is 0 Å². The van der Waals surface area contributed by atoms with E-state index in [1.807, 2.05) is 12.1 Å². The van der Waals surface area contributed by atoms with E-state index >= 15 is 0 Å². The van der Waals surface area contributed by atoms with E-state index in [4.69, 9.17) is 21.1 Å². The molecule has 6 nitrogen and oxygen atoms in total. The molecule has 4 rings (SSSR count). The van der Waals surface area contributed by atoms with Crippen molar-refractivity contribution in [3.05, 3.63) is 52.0 Å². The van der Waals surface area contributed by atoms with Gasteiger partial charge < -0.3 is 14.8 Å². The maximum atomic E-state index is 11.5. The van der Waals surface area contributed by atoms with Gasteiger partial charge in [0, 0.05) is 12.5 Å². The van der Waals surface area contributed by atoms with E-state index in [-0.39, 0.29) is 17.6 Å². The van der Waals surface area contributed by atoms with E-state index in [0.29, 0.717) is 23.1 Å². The Morgan fingerprint density at radius 2 is 2.08 bits per heavy atom. The minimum absolute atomic E-state index is 0.119. The number of hydrogen-bond acceptors (Lipinski definition) is 5. The summed E-state index contributed by atoms with van der Waals surface area (Å²) in [5, 5.41) is 3.90. The Morgan fingerprint density at radius 1 is 1.24 bits per heavy atom. The predicted molar refractivity (Wildman–Crippen MR) is 92.2 cm³/mol. The first kappa shape index (κ1) is 16.7. The average Bonchev–Trinajstić information content (AvgIpc) is 2.94. The quantitative estimate of drug-likeness (QED) is 0.778. The van der Waals surface area contributed by atoms with Crippen LogP contribution in [0.15, 0.2) is 35.2 Å². The van der Waals surface area contributed by atoms with Crippen LogP contribution in [0, 0.1) is 0 Å². The molecule has 2 aliphatic heterocycles. The fourth-order valence-electron chi connectivity index (χ4n) is 3.38. The molecule has 0 aliphatic carbocycles. The van der Waals surface area contributed by atoms with Crippen molar-refractivity contribution < 1.29 is 22.4 Å². The van der Waals surface area contributed by atoms with Crippen LogP contribution in [0.1, 0.15) is 22.6 Å². The van der Waals surface area contributed by atoms with Gasteiger partial charge in [-0.15, -0.1) is 0 Å². The lowest BCUT2D eigenvalue weighted by atomic mass is 9.87.